The molecule has 0 saturated carbocycles. The topological polar surface area (TPSA) is 54.9 Å². The summed E-state index contributed by atoms with van der Waals surface area (Å²) in [6.07, 6.45) is 2.86. The van der Waals surface area contributed by atoms with E-state index in [-0.39, 0.29) is 30.1 Å². The number of aliphatic imine (C=N–C) groups is 1. The van der Waals surface area contributed by atoms with Crippen molar-refractivity contribution in [1.82, 2.24) is 10.6 Å². The van der Waals surface area contributed by atoms with Gasteiger partial charge in [-0.3, -0.25) is 0 Å². The zero-order chi connectivity index (χ0) is 17.2. The number of guanidine groups is 1. The maximum absolute atomic E-state index is 5.64. The van der Waals surface area contributed by atoms with Crippen molar-refractivity contribution in [1.29, 1.82) is 0 Å². The molecule has 0 aliphatic carbocycles. The third-order valence-electron chi connectivity index (χ3n) is 3.89. The molecule has 1 saturated heterocycles. The minimum atomic E-state index is 0. The fraction of sp³-hybridized carbons (Fsp3) is 0.632. The van der Waals surface area contributed by atoms with E-state index in [0.717, 1.165) is 38.5 Å². The van der Waals surface area contributed by atoms with Gasteiger partial charge in [-0.25, -0.2) is 4.99 Å². The third-order valence-corrected chi connectivity index (χ3v) is 3.89. The van der Waals surface area contributed by atoms with Crippen LogP contribution in [0.15, 0.2) is 29.3 Å². The second-order valence-corrected chi connectivity index (χ2v) is 6.39. The van der Waals surface area contributed by atoms with E-state index in [4.69, 9.17) is 9.47 Å². The maximum atomic E-state index is 5.64. The highest BCUT2D eigenvalue weighted by Crippen LogP contribution is 2.11. The van der Waals surface area contributed by atoms with Crippen LogP contribution >= 0.6 is 24.0 Å². The van der Waals surface area contributed by atoms with Gasteiger partial charge in [0.15, 0.2) is 5.96 Å². The molecule has 1 atom stereocenters. The van der Waals surface area contributed by atoms with E-state index in [9.17, 15) is 0 Å². The number of halogens is 1. The Balaban J connectivity index is 0.00000312. The lowest BCUT2D eigenvalue weighted by atomic mass is 10.1. The van der Waals surface area contributed by atoms with E-state index in [1.807, 2.05) is 0 Å². The Morgan fingerprint density at radius 1 is 1.24 bits per heavy atom. The molecule has 25 heavy (non-hydrogen) atoms. The minimum absolute atomic E-state index is 0. The van der Waals surface area contributed by atoms with Gasteiger partial charge in [-0.1, -0.05) is 24.3 Å². The van der Waals surface area contributed by atoms with E-state index in [2.05, 4.69) is 60.7 Å². The zero-order valence-corrected chi connectivity index (χ0v) is 17.9. The minimum Gasteiger partial charge on any atom is -0.376 e. The second kappa shape index (κ2) is 12.5. The van der Waals surface area contributed by atoms with Crippen molar-refractivity contribution in [2.45, 2.75) is 59.0 Å². The van der Waals surface area contributed by atoms with Crippen molar-refractivity contribution in [3.8, 4) is 0 Å². The Morgan fingerprint density at radius 3 is 2.56 bits per heavy atom. The number of ether oxygens (including phenoxy) is 2. The highest BCUT2D eigenvalue weighted by atomic mass is 127. The predicted molar refractivity (Wildman–Crippen MR) is 114 cm³/mol. The van der Waals surface area contributed by atoms with Crippen molar-refractivity contribution >= 4 is 29.9 Å². The lowest BCUT2D eigenvalue weighted by molar-refractivity contribution is 0.0657. The van der Waals surface area contributed by atoms with Crippen molar-refractivity contribution in [2.75, 3.05) is 19.7 Å². The summed E-state index contributed by atoms with van der Waals surface area (Å²) in [6, 6.07) is 8.46. The van der Waals surface area contributed by atoms with Crippen LogP contribution in [0.5, 0.6) is 0 Å². The molecule has 142 valence electrons. The van der Waals surface area contributed by atoms with Gasteiger partial charge >= 0.3 is 0 Å². The molecule has 1 aliphatic heterocycles. The standard InChI is InChI=1S/C19H31N3O2.HI/c1-4-20-19(22-13-18-6-5-11-23-18)21-12-16-7-9-17(10-8-16)14-24-15(2)3;/h7-10,15,18H,4-6,11-14H2,1-3H3,(H2,20,21,22);1H. The van der Waals surface area contributed by atoms with Crippen molar-refractivity contribution in [2.24, 2.45) is 4.99 Å². The van der Waals surface area contributed by atoms with E-state index < -0.39 is 0 Å². The first-order chi connectivity index (χ1) is 11.7. The first-order valence-corrected chi connectivity index (χ1v) is 9.00. The van der Waals surface area contributed by atoms with E-state index in [1.54, 1.807) is 0 Å². The van der Waals surface area contributed by atoms with Crippen molar-refractivity contribution < 1.29 is 9.47 Å². The van der Waals surface area contributed by atoms with Crippen LogP contribution < -0.4 is 10.6 Å². The first kappa shape index (κ1) is 22.2. The maximum Gasteiger partial charge on any atom is 0.191 e. The van der Waals surface area contributed by atoms with Gasteiger partial charge in [-0.15, -0.1) is 24.0 Å². The van der Waals surface area contributed by atoms with Crippen LogP contribution in [-0.4, -0.2) is 37.9 Å². The molecular formula is C19H32IN3O2. The lowest BCUT2D eigenvalue weighted by Crippen LogP contribution is -2.41. The quantitative estimate of drug-likeness (QED) is 0.354. The SMILES string of the molecule is CCNC(=NCc1ccc(COC(C)C)cc1)NCC1CCCO1.I. The normalized spacial score (nSPS) is 17.4. The number of nitrogens with one attached hydrogen (secondary N) is 2. The highest BCUT2D eigenvalue weighted by Gasteiger charge is 2.15. The van der Waals surface area contributed by atoms with Crippen LogP contribution in [0.2, 0.25) is 0 Å². The molecule has 1 heterocycles. The van der Waals surface area contributed by atoms with Gasteiger partial charge in [-0.05, 0) is 44.7 Å². The lowest BCUT2D eigenvalue weighted by Gasteiger charge is -2.14. The van der Waals surface area contributed by atoms with Crippen LogP contribution in [0.3, 0.4) is 0 Å². The van der Waals surface area contributed by atoms with Crippen LogP contribution in [0, 0.1) is 0 Å². The molecule has 0 amide bonds. The van der Waals surface area contributed by atoms with E-state index in [0.29, 0.717) is 19.3 Å². The van der Waals surface area contributed by atoms with Gasteiger partial charge in [-0.2, -0.15) is 0 Å². The smallest absolute Gasteiger partial charge is 0.191 e. The zero-order valence-electron chi connectivity index (χ0n) is 15.6. The Morgan fingerprint density at radius 2 is 1.96 bits per heavy atom. The third kappa shape index (κ3) is 8.87. The van der Waals surface area contributed by atoms with Crippen LogP contribution in [0.1, 0.15) is 44.7 Å². The molecule has 2 N–H and O–H groups in total. The summed E-state index contributed by atoms with van der Waals surface area (Å²) in [5.41, 5.74) is 2.39. The first-order valence-electron chi connectivity index (χ1n) is 9.00. The molecule has 1 unspecified atom stereocenters. The van der Waals surface area contributed by atoms with Crippen LogP contribution in [0.25, 0.3) is 0 Å². The highest BCUT2D eigenvalue weighted by molar-refractivity contribution is 14.0. The average Bonchev–Trinajstić information content (AvgIpc) is 3.10. The molecule has 1 aromatic carbocycles. The number of nitrogens with zero attached hydrogens (tertiary/aromatic N) is 1. The summed E-state index contributed by atoms with van der Waals surface area (Å²) in [5.74, 6) is 0.847. The number of rotatable bonds is 8. The van der Waals surface area contributed by atoms with E-state index >= 15 is 0 Å². The molecule has 6 heteroatoms. The number of benzene rings is 1. The fourth-order valence-corrected chi connectivity index (χ4v) is 2.53. The summed E-state index contributed by atoms with van der Waals surface area (Å²) in [6.45, 7) is 10.0. The van der Waals surface area contributed by atoms with E-state index in [1.165, 1.54) is 11.1 Å². The summed E-state index contributed by atoms with van der Waals surface area (Å²) >= 11 is 0. The Bertz CT molecular complexity index is 500. The predicted octanol–water partition coefficient (Wildman–Crippen LogP) is 3.46. The molecule has 0 radical (unpaired) electrons. The summed E-state index contributed by atoms with van der Waals surface area (Å²) in [4.78, 5) is 4.66. The summed E-state index contributed by atoms with van der Waals surface area (Å²) in [5, 5.41) is 6.66. The van der Waals surface area contributed by atoms with Crippen LogP contribution in [0.4, 0.5) is 0 Å². The largest absolute Gasteiger partial charge is 0.376 e. The average molecular weight is 461 g/mol. The van der Waals surface area contributed by atoms with Gasteiger partial charge in [0.25, 0.3) is 0 Å². The molecule has 0 aromatic heterocycles. The molecule has 1 fully saturated rings. The fourth-order valence-electron chi connectivity index (χ4n) is 2.53. The Hall–Kier alpha value is -0.860. The van der Waals surface area contributed by atoms with Gasteiger partial charge in [0.05, 0.1) is 25.4 Å². The molecule has 2 rings (SSSR count). The Kier molecular flexibility index (Phi) is 11.1. The number of hydrogen-bond acceptors (Lipinski definition) is 3. The molecular weight excluding hydrogens is 429 g/mol. The van der Waals surface area contributed by atoms with Crippen molar-refractivity contribution in [3.05, 3.63) is 35.4 Å². The van der Waals surface area contributed by atoms with Crippen LogP contribution in [-0.2, 0) is 22.6 Å². The molecule has 0 spiro atoms. The summed E-state index contributed by atoms with van der Waals surface area (Å²) < 4.78 is 11.3. The second-order valence-electron chi connectivity index (χ2n) is 6.39. The number of hydrogen-bond donors (Lipinski definition) is 2. The molecule has 1 aliphatic rings. The summed E-state index contributed by atoms with van der Waals surface area (Å²) in [7, 11) is 0. The van der Waals surface area contributed by atoms with Gasteiger partial charge in [0.2, 0.25) is 0 Å². The van der Waals surface area contributed by atoms with Gasteiger partial charge in [0, 0.05) is 19.7 Å². The van der Waals surface area contributed by atoms with Gasteiger partial charge in [0.1, 0.15) is 0 Å². The Labute approximate surface area is 169 Å². The monoisotopic (exact) mass is 461 g/mol. The van der Waals surface area contributed by atoms with Gasteiger partial charge < -0.3 is 20.1 Å². The molecule has 5 nitrogen and oxygen atoms in total. The van der Waals surface area contributed by atoms with Crippen molar-refractivity contribution in [3.63, 3.8) is 0 Å². The molecule has 1 aromatic rings. The molecule has 0 bridgehead atoms.